The lowest BCUT2D eigenvalue weighted by Gasteiger charge is -2.45. The molecule has 2 bridgehead atoms. The summed E-state index contributed by atoms with van der Waals surface area (Å²) in [5.74, 6) is 0.326. The van der Waals surface area contributed by atoms with Crippen molar-refractivity contribution in [1.82, 2.24) is 0 Å². The molecule has 2 saturated carbocycles. The lowest BCUT2D eigenvalue weighted by Crippen LogP contribution is -2.44. The van der Waals surface area contributed by atoms with E-state index in [0.717, 1.165) is 18.4 Å². The lowest BCUT2D eigenvalue weighted by atomic mass is 9.62. The molecular weight excluding hydrogens is 227 g/mol. The van der Waals surface area contributed by atoms with E-state index in [9.17, 15) is 9.50 Å². The van der Waals surface area contributed by atoms with Crippen molar-refractivity contribution >= 4 is 0 Å². The Morgan fingerprint density at radius 3 is 2.22 bits per heavy atom. The normalized spacial score (nSPS) is 41.3. The number of aliphatic hydroxyl groups is 1. The summed E-state index contributed by atoms with van der Waals surface area (Å²) < 4.78 is 13.1. The first-order valence-electron chi connectivity index (χ1n) is 6.80. The van der Waals surface area contributed by atoms with Crippen molar-refractivity contribution in [2.24, 2.45) is 16.7 Å². The second kappa shape index (κ2) is 3.36. The Bertz CT molecular complexity index is 478. The molecular formula is C16H21FO. The molecule has 2 aliphatic rings. The Labute approximate surface area is 108 Å². The summed E-state index contributed by atoms with van der Waals surface area (Å²) in [5.41, 5.74) is 0.118. The summed E-state index contributed by atoms with van der Waals surface area (Å²) in [7, 11) is 0. The van der Waals surface area contributed by atoms with Crippen LogP contribution < -0.4 is 0 Å². The van der Waals surface area contributed by atoms with Crippen LogP contribution in [0.4, 0.5) is 4.39 Å². The molecule has 1 aromatic carbocycles. The van der Waals surface area contributed by atoms with E-state index < -0.39 is 5.60 Å². The molecule has 3 atom stereocenters. The molecule has 0 spiro atoms. The predicted octanol–water partition coefficient (Wildman–Crippen LogP) is 3.86. The largest absolute Gasteiger partial charge is 0.385 e. The highest BCUT2D eigenvalue weighted by atomic mass is 19.1. The highest BCUT2D eigenvalue weighted by molar-refractivity contribution is 5.32. The number of benzene rings is 1. The minimum atomic E-state index is -0.798. The highest BCUT2D eigenvalue weighted by Gasteiger charge is 2.68. The van der Waals surface area contributed by atoms with Gasteiger partial charge in [-0.1, -0.05) is 32.9 Å². The maximum atomic E-state index is 13.1. The zero-order valence-electron chi connectivity index (χ0n) is 11.3. The molecule has 0 aliphatic heterocycles. The van der Waals surface area contributed by atoms with Crippen LogP contribution in [-0.4, -0.2) is 5.11 Å². The number of fused-ring (bicyclic) bond motifs is 2. The number of halogens is 1. The maximum Gasteiger partial charge on any atom is 0.123 e. The van der Waals surface area contributed by atoms with Gasteiger partial charge >= 0.3 is 0 Å². The zero-order chi connectivity index (χ0) is 13.2. The van der Waals surface area contributed by atoms with Crippen LogP contribution in [0.1, 0.15) is 45.6 Å². The van der Waals surface area contributed by atoms with Gasteiger partial charge in [0.1, 0.15) is 5.82 Å². The van der Waals surface area contributed by atoms with Crippen LogP contribution in [-0.2, 0) is 5.60 Å². The summed E-state index contributed by atoms with van der Waals surface area (Å²) in [6, 6.07) is 6.40. The molecule has 2 fully saturated rings. The van der Waals surface area contributed by atoms with Crippen molar-refractivity contribution in [1.29, 1.82) is 0 Å². The first kappa shape index (κ1) is 12.2. The van der Waals surface area contributed by atoms with Crippen molar-refractivity contribution in [3.63, 3.8) is 0 Å². The van der Waals surface area contributed by atoms with Crippen LogP contribution in [0, 0.1) is 22.6 Å². The van der Waals surface area contributed by atoms with Crippen LogP contribution in [0.3, 0.4) is 0 Å². The Morgan fingerprint density at radius 1 is 1.17 bits per heavy atom. The van der Waals surface area contributed by atoms with E-state index in [0.29, 0.717) is 5.92 Å². The Hall–Kier alpha value is -0.890. The Morgan fingerprint density at radius 2 is 1.78 bits per heavy atom. The summed E-state index contributed by atoms with van der Waals surface area (Å²) in [4.78, 5) is 0. The van der Waals surface area contributed by atoms with Crippen LogP contribution in [0.25, 0.3) is 0 Å². The van der Waals surface area contributed by atoms with Crippen LogP contribution in [0.5, 0.6) is 0 Å². The summed E-state index contributed by atoms with van der Waals surface area (Å²) in [6.45, 7) is 6.74. The molecule has 0 heterocycles. The molecule has 1 aromatic rings. The van der Waals surface area contributed by atoms with Gasteiger partial charge in [0, 0.05) is 5.41 Å². The van der Waals surface area contributed by atoms with Crippen LogP contribution >= 0.6 is 0 Å². The van der Waals surface area contributed by atoms with Crippen molar-refractivity contribution in [3.8, 4) is 0 Å². The molecule has 0 aromatic heterocycles. The monoisotopic (exact) mass is 248 g/mol. The van der Waals surface area contributed by atoms with E-state index >= 15 is 0 Å². The van der Waals surface area contributed by atoms with Crippen molar-refractivity contribution in [2.45, 2.75) is 45.6 Å². The molecule has 3 rings (SSSR count). The lowest BCUT2D eigenvalue weighted by molar-refractivity contribution is -0.0957. The summed E-state index contributed by atoms with van der Waals surface area (Å²) in [6.07, 6.45) is 3.06. The van der Waals surface area contributed by atoms with Gasteiger partial charge in [-0.25, -0.2) is 4.39 Å². The molecule has 2 heteroatoms. The maximum absolute atomic E-state index is 13.1. The third kappa shape index (κ3) is 1.20. The van der Waals surface area contributed by atoms with Gasteiger partial charge in [-0.3, -0.25) is 0 Å². The smallest absolute Gasteiger partial charge is 0.123 e. The first-order valence-corrected chi connectivity index (χ1v) is 6.80. The molecule has 0 unspecified atom stereocenters. The van der Waals surface area contributed by atoms with Crippen molar-refractivity contribution < 1.29 is 9.50 Å². The first-order chi connectivity index (χ1) is 8.31. The number of hydrogen-bond donors (Lipinski definition) is 1. The van der Waals surface area contributed by atoms with E-state index in [1.165, 1.54) is 18.6 Å². The second-order valence-electron chi connectivity index (χ2n) is 6.86. The van der Waals surface area contributed by atoms with E-state index in [1.807, 2.05) is 0 Å². The topological polar surface area (TPSA) is 20.2 Å². The molecule has 0 amide bonds. The second-order valence-corrected chi connectivity index (χ2v) is 6.86. The predicted molar refractivity (Wildman–Crippen MR) is 69.5 cm³/mol. The number of hydrogen-bond acceptors (Lipinski definition) is 1. The summed E-state index contributed by atoms with van der Waals surface area (Å²) in [5, 5.41) is 11.2. The quantitative estimate of drug-likeness (QED) is 0.800. The third-order valence-corrected chi connectivity index (χ3v) is 6.21. The van der Waals surface area contributed by atoms with Gasteiger partial charge in [-0.2, -0.15) is 0 Å². The van der Waals surface area contributed by atoms with Gasteiger partial charge in [0.15, 0.2) is 0 Å². The van der Waals surface area contributed by atoms with Gasteiger partial charge in [-0.15, -0.1) is 0 Å². The van der Waals surface area contributed by atoms with E-state index in [2.05, 4.69) is 20.8 Å². The standard InChI is InChI=1S/C16H21FO/c1-14(2)12-8-9-15(14,3)16(18,10-12)11-4-6-13(17)7-5-11/h4-7,12,18H,8-10H2,1-3H3/t12-,15-,16+/m1/s1. The average molecular weight is 248 g/mol. The zero-order valence-corrected chi connectivity index (χ0v) is 11.3. The molecule has 0 saturated heterocycles. The van der Waals surface area contributed by atoms with Crippen molar-refractivity contribution in [2.75, 3.05) is 0 Å². The van der Waals surface area contributed by atoms with E-state index in [1.54, 1.807) is 12.1 Å². The number of rotatable bonds is 1. The van der Waals surface area contributed by atoms with Gasteiger partial charge in [0.2, 0.25) is 0 Å². The highest BCUT2D eigenvalue weighted by Crippen LogP contribution is 2.72. The minimum Gasteiger partial charge on any atom is -0.385 e. The Balaban J connectivity index is 2.10. The molecule has 98 valence electrons. The Kier molecular flexibility index (Phi) is 2.27. The summed E-state index contributed by atoms with van der Waals surface area (Å²) >= 11 is 0. The molecule has 1 N–H and O–H groups in total. The van der Waals surface area contributed by atoms with Crippen LogP contribution in [0.15, 0.2) is 24.3 Å². The van der Waals surface area contributed by atoms with Crippen molar-refractivity contribution in [3.05, 3.63) is 35.6 Å². The van der Waals surface area contributed by atoms with Gasteiger partial charge in [0.25, 0.3) is 0 Å². The molecule has 18 heavy (non-hydrogen) atoms. The third-order valence-electron chi connectivity index (χ3n) is 6.21. The fourth-order valence-electron chi connectivity index (χ4n) is 4.44. The fraction of sp³-hybridized carbons (Fsp3) is 0.625. The van der Waals surface area contributed by atoms with E-state index in [-0.39, 0.29) is 16.6 Å². The van der Waals surface area contributed by atoms with Gasteiger partial charge in [-0.05, 0) is 48.3 Å². The average Bonchev–Trinajstić information content (AvgIpc) is 2.62. The molecule has 0 radical (unpaired) electrons. The van der Waals surface area contributed by atoms with Gasteiger partial charge in [0.05, 0.1) is 5.60 Å². The molecule has 2 aliphatic carbocycles. The molecule has 1 nitrogen and oxygen atoms in total. The van der Waals surface area contributed by atoms with E-state index in [4.69, 9.17) is 0 Å². The SMILES string of the molecule is CC1(C)[C@@H]2CC[C@@]1(C)[C@@](O)(c1ccc(F)cc1)C2. The minimum absolute atomic E-state index is 0.109. The van der Waals surface area contributed by atoms with Crippen LogP contribution in [0.2, 0.25) is 0 Å². The fourth-order valence-corrected chi connectivity index (χ4v) is 4.44. The van der Waals surface area contributed by atoms with Gasteiger partial charge < -0.3 is 5.11 Å².